The molecule has 0 aromatic carbocycles. The van der Waals surface area contributed by atoms with Crippen LogP contribution in [0.25, 0.3) is 5.52 Å². The van der Waals surface area contributed by atoms with Crippen molar-refractivity contribution < 1.29 is 4.79 Å². The van der Waals surface area contributed by atoms with Crippen LogP contribution in [-0.2, 0) is 5.41 Å². The molecular weight excluding hydrogens is 226 g/mol. The quantitative estimate of drug-likeness (QED) is 0.773. The molecule has 2 rings (SSSR count). The number of rotatable bonds is 1. The molecule has 1 amide bonds. The zero-order valence-electron chi connectivity index (χ0n) is 11.6. The molecule has 2 aromatic rings. The second-order valence-electron chi connectivity index (χ2n) is 5.73. The van der Waals surface area contributed by atoms with Crippen LogP contribution in [0.3, 0.4) is 0 Å². The van der Waals surface area contributed by atoms with Gasteiger partial charge in [0.1, 0.15) is 5.69 Å². The van der Waals surface area contributed by atoms with E-state index in [0.29, 0.717) is 5.69 Å². The Hall–Kier alpha value is -1.84. The van der Waals surface area contributed by atoms with Crippen molar-refractivity contribution in [2.24, 2.45) is 0 Å². The maximum absolute atomic E-state index is 12.0. The van der Waals surface area contributed by atoms with E-state index in [2.05, 4.69) is 25.9 Å². The van der Waals surface area contributed by atoms with E-state index in [1.807, 2.05) is 24.4 Å². The van der Waals surface area contributed by atoms with Crippen LogP contribution in [0, 0.1) is 0 Å². The van der Waals surface area contributed by atoms with Gasteiger partial charge in [0.2, 0.25) is 0 Å². The number of hydrogen-bond acceptors (Lipinski definition) is 2. The molecule has 4 nitrogen and oxygen atoms in total. The van der Waals surface area contributed by atoms with Crippen molar-refractivity contribution in [3.63, 3.8) is 0 Å². The maximum atomic E-state index is 12.0. The van der Waals surface area contributed by atoms with Crippen LogP contribution in [0.15, 0.2) is 24.4 Å². The molecule has 0 saturated heterocycles. The van der Waals surface area contributed by atoms with Gasteiger partial charge in [0.05, 0.1) is 5.52 Å². The first-order valence-corrected chi connectivity index (χ1v) is 6.01. The fourth-order valence-electron chi connectivity index (χ4n) is 1.96. The molecule has 2 heterocycles. The standard InChI is InChI=1S/C14H19N3O/c1-14(2,3)10-9-11(13(18)16(4)5)15-17-8-6-7-12(10)17/h6-9H,1-5H3. The minimum absolute atomic E-state index is 0.0239. The van der Waals surface area contributed by atoms with Crippen LogP contribution in [0.4, 0.5) is 0 Å². The molecule has 0 unspecified atom stereocenters. The Morgan fingerprint density at radius 1 is 1.33 bits per heavy atom. The Labute approximate surface area is 107 Å². The third-order valence-electron chi connectivity index (χ3n) is 2.93. The molecule has 0 fully saturated rings. The largest absolute Gasteiger partial charge is 0.343 e. The molecule has 18 heavy (non-hydrogen) atoms. The topological polar surface area (TPSA) is 37.6 Å². The number of carbonyl (C=O) groups is 1. The molecular formula is C14H19N3O. The predicted molar refractivity (Wildman–Crippen MR) is 71.9 cm³/mol. The zero-order valence-corrected chi connectivity index (χ0v) is 11.6. The maximum Gasteiger partial charge on any atom is 0.273 e. The van der Waals surface area contributed by atoms with E-state index in [-0.39, 0.29) is 11.3 Å². The van der Waals surface area contributed by atoms with Gasteiger partial charge in [-0.3, -0.25) is 4.79 Å². The predicted octanol–water partition coefficient (Wildman–Crippen LogP) is 2.33. The lowest BCUT2D eigenvalue weighted by Gasteiger charge is -2.21. The number of hydrogen-bond donors (Lipinski definition) is 0. The summed E-state index contributed by atoms with van der Waals surface area (Å²) in [5.41, 5.74) is 2.64. The molecule has 0 spiro atoms. The Bertz CT molecular complexity index is 591. The SMILES string of the molecule is CN(C)C(=O)c1cc(C(C)(C)C)c2cccn2n1. The van der Waals surface area contributed by atoms with Crippen LogP contribution < -0.4 is 0 Å². The minimum Gasteiger partial charge on any atom is -0.343 e. The van der Waals surface area contributed by atoms with Gasteiger partial charge in [-0.25, -0.2) is 4.52 Å². The van der Waals surface area contributed by atoms with Crippen molar-refractivity contribution in [3.05, 3.63) is 35.7 Å². The average molecular weight is 245 g/mol. The van der Waals surface area contributed by atoms with Crippen molar-refractivity contribution in [2.75, 3.05) is 14.1 Å². The van der Waals surface area contributed by atoms with Crippen molar-refractivity contribution in [2.45, 2.75) is 26.2 Å². The van der Waals surface area contributed by atoms with Crippen molar-refractivity contribution in [1.82, 2.24) is 14.5 Å². The van der Waals surface area contributed by atoms with E-state index in [1.165, 1.54) is 0 Å². The third-order valence-corrected chi connectivity index (χ3v) is 2.93. The lowest BCUT2D eigenvalue weighted by Crippen LogP contribution is -2.25. The van der Waals surface area contributed by atoms with Crippen LogP contribution in [-0.4, -0.2) is 34.5 Å². The van der Waals surface area contributed by atoms with Crippen LogP contribution in [0.2, 0.25) is 0 Å². The van der Waals surface area contributed by atoms with E-state index in [4.69, 9.17) is 0 Å². The fourth-order valence-corrected chi connectivity index (χ4v) is 1.96. The Morgan fingerprint density at radius 3 is 2.56 bits per heavy atom. The molecule has 0 atom stereocenters. The molecule has 0 aliphatic heterocycles. The monoisotopic (exact) mass is 245 g/mol. The molecule has 96 valence electrons. The Morgan fingerprint density at radius 2 is 2.00 bits per heavy atom. The summed E-state index contributed by atoms with van der Waals surface area (Å²) in [6.45, 7) is 6.41. The Balaban J connectivity index is 2.69. The lowest BCUT2D eigenvalue weighted by molar-refractivity contribution is 0.0820. The van der Waals surface area contributed by atoms with Crippen molar-refractivity contribution in [3.8, 4) is 0 Å². The highest BCUT2D eigenvalue weighted by atomic mass is 16.2. The normalized spacial score (nSPS) is 11.8. The van der Waals surface area contributed by atoms with Crippen LogP contribution >= 0.6 is 0 Å². The van der Waals surface area contributed by atoms with Gasteiger partial charge >= 0.3 is 0 Å². The number of carbonyl (C=O) groups excluding carboxylic acids is 1. The van der Waals surface area contributed by atoms with Gasteiger partial charge in [-0.1, -0.05) is 20.8 Å². The average Bonchev–Trinajstić information content (AvgIpc) is 2.72. The van der Waals surface area contributed by atoms with E-state index < -0.39 is 0 Å². The second-order valence-corrected chi connectivity index (χ2v) is 5.73. The van der Waals surface area contributed by atoms with Crippen molar-refractivity contribution in [1.29, 1.82) is 0 Å². The summed E-state index contributed by atoms with van der Waals surface area (Å²) in [6.07, 6.45) is 1.87. The summed E-state index contributed by atoms with van der Waals surface area (Å²) in [7, 11) is 3.47. The smallest absolute Gasteiger partial charge is 0.273 e. The molecule has 0 saturated carbocycles. The zero-order chi connectivity index (χ0) is 13.5. The van der Waals surface area contributed by atoms with E-state index in [1.54, 1.807) is 23.5 Å². The first-order valence-electron chi connectivity index (χ1n) is 6.01. The third kappa shape index (κ3) is 2.10. The van der Waals surface area contributed by atoms with Crippen LogP contribution in [0.5, 0.6) is 0 Å². The van der Waals surface area contributed by atoms with Gasteiger partial charge in [0, 0.05) is 20.3 Å². The molecule has 0 N–H and O–H groups in total. The second kappa shape index (κ2) is 4.12. The summed E-state index contributed by atoms with van der Waals surface area (Å²) < 4.78 is 1.78. The highest BCUT2D eigenvalue weighted by molar-refractivity contribution is 5.92. The summed E-state index contributed by atoms with van der Waals surface area (Å²) in [4.78, 5) is 13.6. The van der Waals surface area contributed by atoms with Crippen molar-refractivity contribution >= 4 is 11.4 Å². The van der Waals surface area contributed by atoms with E-state index in [9.17, 15) is 4.79 Å². The molecule has 2 aromatic heterocycles. The fraction of sp³-hybridized carbons (Fsp3) is 0.429. The van der Waals surface area contributed by atoms with Gasteiger partial charge in [-0.2, -0.15) is 5.10 Å². The van der Waals surface area contributed by atoms with E-state index in [0.717, 1.165) is 11.1 Å². The highest BCUT2D eigenvalue weighted by Gasteiger charge is 2.21. The number of aromatic nitrogens is 2. The molecule has 4 heteroatoms. The van der Waals surface area contributed by atoms with E-state index >= 15 is 0 Å². The van der Waals surface area contributed by atoms with Crippen LogP contribution in [0.1, 0.15) is 36.8 Å². The highest BCUT2D eigenvalue weighted by Crippen LogP contribution is 2.27. The van der Waals surface area contributed by atoms with Gasteiger partial charge in [-0.15, -0.1) is 0 Å². The summed E-state index contributed by atoms with van der Waals surface area (Å²) >= 11 is 0. The summed E-state index contributed by atoms with van der Waals surface area (Å²) in [5.74, 6) is -0.0731. The van der Waals surface area contributed by atoms with Gasteiger partial charge in [-0.05, 0) is 29.2 Å². The number of amides is 1. The summed E-state index contributed by atoms with van der Waals surface area (Å²) in [6, 6.07) is 5.87. The number of fused-ring (bicyclic) bond motifs is 1. The summed E-state index contributed by atoms with van der Waals surface area (Å²) in [5, 5.41) is 4.36. The minimum atomic E-state index is -0.0731. The van der Waals surface area contributed by atoms with Gasteiger partial charge in [0.25, 0.3) is 5.91 Å². The van der Waals surface area contributed by atoms with Gasteiger partial charge < -0.3 is 4.90 Å². The molecule has 0 aliphatic rings. The molecule has 0 radical (unpaired) electrons. The van der Waals surface area contributed by atoms with Gasteiger partial charge in [0.15, 0.2) is 0 Å². The number of nitrogens with zero attached hydrogens (tertiary/aromatic N) is 3. The lowest BCUT2D eigenvalue weighted by atomic mass is 9.86. The Kier molecular flexibility index (Phi) is 2.89. The first-order chi connectivity index (χ1) is 8.30. The molecule has 0 aliphatic carbocycles. The first kappa shape index (κ1) is 12.6. The molecule has 0 bridgehead atoms.